The summed E-state index contributed by atoms with van der Waals surface area (Å²) in [4.78, 5) is 17.6. The average Bonchev–Trinajstić information content (AvgIpc) is 3.46. The van der Waals surface area contributed by atoms with Gasteiger partial charge in [-0.1, -0.05) is 43.6 Å². The summed E-state index contributed by atoms with van der Waals surface area (Å²) < 4.78 is 27.5. The predicted molar refractivity (Wildman–Crippen MR) is 121 cm³/mol. The zero-order chi connectivity index (χ0) is 21.7. The molecule has 2 aliphatic heterocycles. The first kappa shape index (κ1) is 20.8. The van der Waals surface area contributed by atoms with E-state index >= 15 is 0 Å². The molecule has 166 valence electrons. The molecule has 1 amide bonds. The van der Waals surface area contributed by atoms with Crippen LogP contribution < -0.4 is 5.32 Å². The summed E-state index contributed by atoms with van der Waals surface area (Å²) in [6.45, 7) is 0.657. The lowest BCUT2D eigenvalue weighted by molar-refractivity contribution is -0.125. The van der Waals surface area contributed by atoms with Crippen LogP contribution in [0.4, 0.5) is 0 Å². The van der Waals surface area contributed by atoms with Crippen LogP contribution in [0.5, 0.6) is 0 Å². The third-order valence-electron chi connectivity index (χ3n) is 7.67. The van der Waals surface area contributed by atoms with E-state index < -0.39 is 21.0 Å². The number of hydrogen-bond donors (Lipinski definition) is 2. The number of amides is 1. The van der Waals surface area contributed by atoms with Gasteiger partial charge >= 0.3 is 0 Å². The van der Waals surface area contributed by atoms with Crippen LogP contribution in [0.1, 0.15) is 51.4 Å². The molecule has 5 aliphatic rings. The van der Waals surface area contributed by atoms with Gasteiger partial charge in [0.2, 0.25) is 10.0 Å². The van der Waals surface area contributed by atoms with Gasteiger partial charge in [-0.25, -0.2) is 12.7 Å². The molecule has 7 nitrogen and oxygen atoms in total. The number of rotatable bonds is 6. The first-order valence-electron chi connectivity index (χ1n) is 11.4. The minimum atomic E-state index is -3.43. The Bertz CT molecular complexity index is 1030. The molecule has 0 aromatic carbocycles. The van der Waals surface area contributed by atoms with Crippen LogP contribution in [-0.2, 0) is 14.8 Å². The maximum atomic E-state index is 13.0. The standard InChI is InChI=1S/C23H30N4O3S/c24-16-22-15-19(22)8-4-7-18(22)9-14-31(29,30)27-12-10-23(11-13-27)21(28)25-20(26-23)17-5-2-1-3-6-17/h4,7-8,15-17,24H,1-3,5-6,9-14H2,(H,25,26,28). The smallest absolute Gasteiger partial charge is 0.253 e. The zero-order valence-electron chi connectivity index (χ0n) is 17.8. The Morgan fingerprint density at radius 2 is 1.97 bits per heavy atom. The first-order valence-corrected chi connectivity index (χ1v) is 13.0. The number of aliphatic imine (C=N–C) groups is 1. The highest BCUT2D eigenvalue weighted by atomic mass is 32.2. The van der Waals surface area contributed by atoms with Gasteiger partial charge in [-0.3, -0.25) is 9.79 Å². The number of carbonyl (C=O) groups excluding carboxylic acids is 1. The van der Waals surface area contributed by atoms with Crippen molar-refractivity contribution in [3.05, 3.63) is 35.5 Å². The van der Waals surface area contributed by atoms with Crippen LogP contribution >= 0.6 is 0 Å². The normalized spacial score (nSPS) is 30.3. The third kappa shape index (κ3) is 3.53. The second kappa shape index (κ2) is 7.52. The van der Waals surface area contributed by atoms with E-state index in [4.69, 9.17) is 10.4 Å². The molecule has 1 saturated heterocycles. The Morgan fingerprint density at radius 1 is 1.23 bits per heavy atom. The van der Waals surface area contributed by atoms with Crippen molar-refractivity contribution in [1.29, 1.82) is 5.41 Å². The van der Waals surface area contributed by atoms with E-state index in [9.17, 15) is 13.2 Å². The van der Waals surface area contributed by atoms with Crippen LogP contribution in [0.25, 0.3) is 0 Å². The molecule has 0 aromatic heterocycles. The van der Waals surface area contributed by atoms with Crippen LogP contribution in [-0.4, -0.2) is 55.1 Å². The highest BCUT2D eigenvalue weighted by Crippen LogP contribution is 2.52. The van der Waals surface area contributed by atoms with Crippen LogP contribution in [0.3, 0.4) is 0 Å². The fourth-order valence-corrected chi connectivity index (χ4v) is 7.01. The van der Waals surface area contributed by atoms with Crippen molar-refractivity contribution in [2.75, 3.05) is 18.8 Å². The lowest BCUT2D eigenvalue weighted by Crippen LogP contribution is -2.51. The number of carbonyl (C=O) groups is 1. The van der Waals surface area contributed by atoms with Gasteiger partial charge in [0.15, 0.2) is 0 Å². The summed E-state index contributed by atoms with van der Waals surface area (Å²) >= 11 is 0. The van der Waals surface area contributed by atoms with Gasteiger partial charge in [0.1, 0.15) is 11.4 Å². The minimum absolute atomic E-state index is 0.0270. The van der Waals surface area contributed by atoms with E-state index in [1.807, 2.05) is 24.3 Å². The number of allylic oxidation sites excluding steroid dienone is 6. The molecule has 1 unspecified atom stereocenters. The molecule has 8 heteroatoms. The van der Waals surface area contributed by atoms with Crippen molar-refractivity contribution in [2.24, 2.45) is 16.3 Å². The average molecular weight is 443 g/mol. The van der Waals surface area contributed by atoms with Gasteiger partial charge in [0.05, 0.1) is 11.2 Å². The zero-order valence-corrected chi connectivity index (χ0v) is 18.6. The number of nitrogens with one attached hydrogen (secondary N) is 2. The Balaban J connectivity index is 1.21. The van der Waals surface area contributed by atoms with E-state index in [1.54, 1.807) is 0 Å². The highest BCUT2D eigenvalue weighted by molar-refractivity contribution is 7.89. The molecule has 2 heterocycles. The molecule has 2 fully saturated rings. The fourth-order valence-electron chi connectivity index (χ4n) is 5.54. The Kier molecular flexibility index (Phi) is 5.05. The van der Waals surface area contributed by atoms with Crippen molar-refractivity contribution >= 4 is 28.0 Å². The predicted octanol–water partition coefficient (Wildman–Crippen LogP) is 2.72. The van der Waals surface area contributed by atoms with Crippen molar-refractivity contribution in [1.82, 2.24) is 9.62 Å². The second-order valence-electron chi connectivity index (χ2n) is 9.45. The second-order valence-corrected chi connectivity index (χ2v) is 11.5. The maximum Gasteiger partial charge on any atom is 0.253 e. The third-order valence-corrected chi connectivity index (χ3v) is 9.54. The summed E-state index contributed by atoms with van der Waals surface area (Å²) in [7, 11) is -3.43. The summed E-state index contributed by atoms with van der Waals surface area (Å²) in [5.41, 5.74) is 0.819. The van der Waals surface area contributed by atoms with Gasteiger partial charge in [0, 0.05) is 25.2 Å². The molecule has 2 N–H and O–H groups in total. The van der Waals surface area contributed by atoms with Crippen molar-refractivity contribution in [3.63, 3.8) is 0 Å². The van der Waals surface area contributed by atoms with Gasteiger partial charge in [-0.05, 0) is 43.3 Å². The SMILES string of the molecule is N=CC12C=C1C=CC=C2CCS(=O)(=O)N1CCC2(CC1)N=C(C1CCCCC1)NC2=O. The van der Waals surface area contributed by atoms with E-state index in [-0.39, 0.29) is 11.7 Å². The van der Waals surface area contributed by atoms with E-state index in [0.29, 0.717) is 38.3 Å². The maximum absolute atomic E-state index is 13.0. The minimum Gasteiger partial charge on any atom is -0.312 e. The molecule has 3 aliphatic carbocycles. The molecule has 0 bridgehead atoms. The molecule has 0 radical (unpaired) electrons. The van der Waals surface area contributed by atoms with Gasteiger partial charge in [-0.2, -0.15) is 0 Å². The number of nitrogens with zero attached hydrogens (tertiary/aromatic N) is 2. The first-order chi connectivity index (χ1) is 14.9. The molecule has 1 saturated carbocycles. The molecule has 0 aromatic rings. The fraction of sp³-hybridized carbons (Fsp3) is 0.609. The van der Waals surface area contributed by atoms with E-state index in [0.717, 1.165) is 29.8 Å². The lowest BCUT2D eigenvalue weighted by Gasteiger charge is -2.35. The summed E-state index contributed by atoms with van der Waals surface area (Å²) in [6, 6.07) is 0. The van der Waals surface area contributed by atoms with E-state index in [2.05, 4.69) is 5.32 Å². The monoisotopic (exact) mass is 442 g/mol. The van der Waals surface area contributed by atoms with Crippen LogP contribution in [0, 0.1) is 16.7 Å². The van der Waals surface area contributed by atoms with Gasteiger partial charge in [0.25, 0.3) is 5.91 Å². The number of amidine groups is 1. The molecule has 1 spiro atoms. The number of piperidine rings is 1. The highest BCUT2D eigenvalue weighted by Gasteiger charge is 2.49. The summed E-state index contributed by atoms with van der Waals surface area (Å²) in [5, 5.41) is 10.8. The Hall–Kier alpha value is -2.06. The van der Waals surface area contributed by atoms with Crippen LogP contribution in [0.15, 0.2) is 40.4 Å². The largest absolute Gasteiger partial charge is 0.312 e. The number of fused-ring (bicyclic) bond motifs is 1. The van der Waals surface area contributed by atoms with Crippen molar-refractivity contribution in [2.45, 2.75) is 56.9 Å². The Morgan fingerprint density at radius 3 is 2.68 bits per heavy atom. The molecule has 1 atom stereocenters. The number of sulfonamides is 1. The molecule has 5 rings (SSSR count). The van der Waals surface area contributed by atoms with Crippen LogP contribution in [0.2, 0.25) is 0 Å². The van der Waals surface area contributed by atoms with Crippen molar-refractivity contribution < 1.29 is 13.2 Å². The summed E-state index contributed by atoms with van der Waals surface area (Å²) in [5.74, 6) is 1.16. The van der Waals surface area contributed by atoms with E-state index in [1.165, 1.54) is 29.8 Å². The topological polar surface area (TPSA) is 103 Å². The summed E-state index contributed by atoms with van der Waals surface area (Å²) in [6.07, 6.45) is 16.3. The molecular weight excluding hydrogens is 412 g/mol. The lowest BCUT2D eigenvalue weighted by atomic mass is 9.86. The van der Waals surface area contributed by atoms with Crippen molar-refractivity contribution in [3.8, 4) is 0 Å². The van der Waals surface area contributed by atoms with Gasteiger partial charge in [-0.15, -0.1) is 0 Å². The molecule has 31 heavy (non-hydrogen) atoms. The van der Waals surface area contributed by atoms with Gasteiger partial charge < -0.3 is 10.7 Å². The number of hydrogen-bond acceptors (Lipinski definition) is 5. The quantitative estimate of drug-likeness (QED) is 0.618. The Labute approximate surface area is 183 Å². The molecular formula is C23H30N4O3S.